The Balaban J connectivity index is 1.45. The van der Waals surface area contributed by atoms with E-state index < -0.39 is 10.0 Å². The molecule has 0 saturated carbocycles. The van der Waals surface area contributed by atoms with Gasteiger partial charge in [0, 0.05) is 32.7 Å². The van der Waals surface area contributed by atoms with Crippen LogP contribution in [-0.4, -0.2) is 64.6 Å². The van der Waals surface area contributed by atoms with Crippen molar-refractivity contribution in [3.8, 4) is 11.5 Å². The Morgan fingerprint density at radius 2 is 1.54 bits per heavy atom. The van der Waals surface area contributed by atoms with Crippen LogP contribution in [-0.2, 0) is 21.4 Å². The molecule has 198 valence electrons. The molecule has 8 heteroatoms. The largest absolute Gasteiger partial charge is 0.497 e. The van der Waals surface area contributed by atoms with Gasteiger partial charge in [0.1, 0.15) is 16.4 Å². The average Bonchev–Trinajstić information content (AvgIpc) is 2.92. The van der Waals surface area contributed by atoms with Crippen LogP contribution in [0.4, 0.5) is 0 Å². The standard InChI is InChI=1S/C29H36N2O5S/c1-22-8-11-24(12-9-22)21-36-28(25-6-5-7-26(19-25)34-3)20-30-14-16-31(17-15-30)37(32,33)29-18-23(2)10-13-27(29)35-4/h5-13,18-19,28H,14-17,20-21H2,1-4H3. The van der Waals surface area contributed by atoms with Gasteiger partial charge < -0.3 is 14.2 Å². The van der Waals surface area contributed by atoms with E-state index in [2.05, 4.69) is 36.1 Å². The number of aryl methyl sites for hydroxylation is 2. The molecule has 0 amide bonds. The monoisotopic (exact) mass is 524 g/mol. The first kappa shape index (κ1) is 27.1. The number of nitrogens with zero attached hydrogens (tertiary/aromatic N) is 2. The first-order chi connectivity index (χ1) is 17.8. The van der Waals surface area contributed by atoms with Gasteiger partial charge in [0.15, 0.2) is 0 Å². The highest BCUT2D eigenvalue weighted by Crippen LogP contribution is 2.29. The molecule has 1 saturated heterocycles. The smallest absolute Gasteiger partial charge is 0.246 e. The fourth-order valence-electron chi connectivity index (χ4n) is 4.49. The topological polar surface area (TPSA) is 68.3 Å². The zero-order valence-corrected chi connectivity index (χ0v) is 22.8. The fourth-order valence-corrected chi connectivity index (χ4v) is 6.15. The quantitative estimate of drug-likeness (QED) is 0.387. The molecule has 0 N–H and O–H groups in total. The van der Waals surface area contributed by atoms with Crippen LogP contribution in [0.5, 0.6) is 11.5 Å². The Kier molecular flexibility index (Phi) is 8.87. The molecule has 0 spiro atoms. The van der Waals surface area contributed by atoms with Crippen molar-refractivity contribution in [2.24, 2.45) is 0 Å². The highest BCUT2D eigenvalue weighted by molar-refractivity contribution is 7.89. The molecule has 0 bridgehead atoms. The Hall–Kier alpha value is -2.91. The summed E-state index contributed by atoms with van der Waals surface area (Å²) in [6, 6.07) is 21.5. The fraction of sp³-hybridized carbons (Fsp3) is 0.379. The summed E-state index contributed by atoms with van der Waals surface area (Å²) in [7, 11) is -0.502. The molecule has 1 heterocycles. The minimum absolute atomic E-state index is 0.184. The molecule has 0 radical (unpaired) electrons. The number of sulfonamides is 1. The van der Waals surface area contributed by atoms with Crippen molar-refractivity contribution in [1.82, 2.24) is 9.21 Å². The Bertz CT molecular complexity index is 1290. The van der Waals surface area contributed by atoms with Crippen molar-refractivity contribution in [1.29, 1.82) is 0 Å². The molecule has 7 nitrogen and oxygen atoms in total. The van der Waals surface area contributed by atoms with Crippen LogP contribution in [0, 0.1) is 13.8 Å². The van der Waals surface area contributed by atoms with Gasteiger partial charge in [-0.2, -0.15) is 4.31 Å². The van der Waals surface area contributed by atoms with Gasteiger partial charge in [0.05, 0.1) is 26.9 Å². The van der Waals surface area contributed by atoms with E-state index >= 15 is 0 Å². The second-order valence-electron chi connectivity index (χ2n) is 9.42. The molecule has 1 fully saturated rings. The SMILES string of the molecule is COc1cccc(C(CN2CCN(S(=O)(=O)c3cc(C)ccc3OC)CC2)OCc2ccc(C)cc2)c1. The number of benzene rings is 3. The molecular weight excluding hydrogens is 488 g/mol. The van der Waals surface area contributed by atoms with Gasteiger partial charge >= 0.3 is 0 Å². The molecule has 3 aromatic carbocycles. The first-order valence-corrected chi connectivity index (χ1v) is 13.9. The van der Waals surface area contributed by atoms with E-state index in [1.807, 2.05) is 37.3 Å². The number of hydrogen-bond donors (Lipinski definition) is 0. The average molecular weight is 525 g/mol. The van der Waals surface area contributed by atoms with E-state index in [9.17, 15) is 8.42 Å². The third-order valence-corrected chi connectivity index (χ3v) is 8.65. The number of ether oxygens (including phenoxy) is 3. The van der Waals surface area contributed by atoms with Crippen molar-refractivity contribution in [2.75, 3.05) is 46.9 Å². The van der Waals surface area contributed by atoms with Gasteiger partial charge in [-0.1, -0.05) is 48.0 Å². The lowest BCUT2D eigenvalue weighted by Crippen LogP contribution is -2.49. The van der Waals surface area contributed by atoms with E-state index in [4.69, 9.17) is 14.2 Å². The highest BCUT2D eigenvalue weighted by atomic mass is 32.2. The van der Waals surface area contributed by atoms with Crippen molar-refractivity contribution in [2.45, 2.75) is 31.5 Å². The summed E-state index contributed by atoms with van der Waals surface area (Å²) in [5.74, 6) is 1.15. The Morgan fingerprint density at radius 3 is 2.22 bits per heavy atom. The van der Waals surface area contributed by atoms with E-state index in [0.717, 1.165) is 22.4 Å². The van der Waals surface area contributed by atoms with E-state index in [-0.39, 0.29) is 11.0 Å². The van der Waals surface area contributed by atoms with Crippen molar-refractivity contribution < 1.29 is 22.6 Å². The summed E-state index contributed by atoms with van der Waals surface area (Å²) < 4.78 is 45.6. The Labute approximate surface area is 220 Å². The van der Waals surface area contributed by atoms with Gasteiger partial charge in [-0.3, -0.25) is 4.90 Å². The summed E-state index contributed by atoms with van der Waals surface area (Å²) in [4.78, 5) is 2.48. The van der Waals surface area contributed by atoms with Crippen LogP contribution >= 0.6 is 0 Å². The van der Waals surface area contributed by atoms with E-state index in [0.29, 0.717) is 45.1 Å². The van der Waals surface area contributed by atoms with Crippen LogP contribution in [0.25, 0.3) is 0 Å². The molecule has 37 heavy (non-hydrogen) atoms. The van der Waals surface area contributed by atoms with Gasteiger partial charge in [-0.05, 0) is 54.8 Å². The lowest BCUT2D eigenvalue weighted by Gasteiger charge is -2.36. The van der Waals surface area contributed by atoms with E-state index in [1.54, 1.807) is 23.5 Å². The molecule has 1 atom stereocenters. The predicted molar refractivity (Wildman–Crippen MR) is 145 cm³/mol. The van der Waals surface area contributed by atoms with Gasteiger partial charge in [-0.15, -0.1) is 0 Å². The lowest BCUT2D eigenvalue weighted by molar-refractivity contribution is 0.00762. The molecular formula is C29H36N2O5S. The van der Waals surface area contributed by atoms with E-state index in [1.165, 1.54) is 12.7 Å². The zero-order valence-electron chi connectivity index (χ0n) is 22.0. The maximum Gasteiger partial charge on any atom is 0.246 e. The predicted octanol–water partition coefficient (Wildman–Crippen LogP) is 4.59. The molecule has 1 aliphatic rings. The highest BCUT2D eigenvalue weighted by Gasteiger charge is 2.32. The number of methoxy groups -OCH3 is 2. The Morgan fingerprint density at radius 1 is 0.838 bits per heavy atom. The second-order valence-corrected chi connectivity index (χ2v) is 11.3. The van der Waals surface area contributed by atoms with Crippen LogP contribution in [0.2, 0.25) is 0 Å². The lowest BCUT2D eigenvalue weighted by atomic mass is 10.1. The van der Waals surface area contributed by atoms with Crippen LogP contribution < -0.4 is 9.47 Å². The summed E-state index contributed by atoms with van der Waals surface area (Å²) in [6.45, 7) is 7.13. The third-order valence-electron chi connectivity index (χ3n) is 6.73. The molecule has 3 aromatic rings. The molecule has 0 aliphatic carbocycles. The van der Waals surface area contributed by atoms with Crippen molar-refractivity contribution in [3.63, 3.8) is 0 Å². The summed E-state index contributed by atoms with van der Waals surface area (Å²) in [5, 5.41) is 0. The zero-order chi connectivity index (χ0) is 26.4. The third kappa shape index (κ3) is 6.70. The molecule has 1 aliphatic heterocycles. The summed E-state index contributed by atoms with van der Waals surface area (Å²) in [6.07, 6.45) is -0.184. The van der Waals surface area contributed by atoms with Crippen LogP contribution in [0.15, 0.2) is 71.6 Å². The van der Waals surface area contributed by atoms with Gasteiger partial charge in [0.25, 0.3) is 0 Å². The van der Waals surface area contributed by atoms with Gasteiger partial charge in [0.2, 0.25) is 10.0 Å². The molecule has 0 aromatic heterocycles. The molecule has 1 unspecified atom stereocenters. The van der Waals surface area contributed by atoms with Gasteiger partial charge in [-0.25, -0.2) is 8.42 Å². The number of hydrogen-bond acceptors (Lipinski definition) is 6. The van der Waals surface area contributed by atoms with Crippen LogP contribution in [0.1, 0.15) is 28.4 Å². The minimum atomic E-state index is -3.66. The molecule has 4 rings (SSSR count). The van der Waals surface area contributed by atoms with Crippen molar-refractivity contribution >= 4 is 10.0 Å². The first-order valence-electron chi connectivity index (χ1n) is 12.5. The number of rotatable bonds is 10. The second kappa shape index (κ2) is 12.1. The summed E-state index contributed by atoms with van der Waals surface area (Å²) in [5.41, 5.74) is 4.24. The van der Waals surface area contributed by atoms with Crippen LogP contribution in [0.3, 0.4) is 0 Å². The maximum absolute atomic E-state index is 13.4. The minimum Gasteiger partial charge on any atom is -0.497 e. The van der Waals surface area contributed by atoms with Crippen molar-refractivity contribution in [3.05, 3.63) is 89.0 Å². The normalized spacial score (nSPS) is 15.9. The maximum atomic E-state index is 13.4. The number of piperazine rings is 1. The summed E-state index contributed by atoms with van der Waals surface area (Å²) >= 11 is 0.